The third kappa shape index (κ3) is 4.97. The second-order valence-electron chi connectivity index (χ2n) is 6.30. The van der Waals surface area contributed by atoms with Crippen LogP contribution in [0.2, 0.25) is 0 Å². The molecule has 0 aliphatic rings. The second-order valence-corrected chi connectivity index (χ2v) is 6.30. The highest BCUT2D eigenvalue weighted by Crippen LogP contribution is 2.25. The summed E-state index contributed by atoms with van der Waals surface area (Å²) in [4.78, 5) is 40.0. The molecule has 1 heterocycles. The van der Waals surface area contributed by atoms with Crippen molar-refractivity contribution in [2.24, 2.45) is 0 Å². The lowest BCUT2D eigenvalue weighted by atomic mass is 10.1. The van der Waals surface area contributed by atoms with Gasteiger partial charge in [-0.2, -0.15) is 0 Å². The SMILES string of the molecule is CCOC(=O)c1[nH]c(C)c(CN(C(=O)CCC(=O)O)c2ccc(F)cc2)c1C. The molecule has 8 heteroatoms. The number of aryl methyl sites for hydroxylation is 1. The van der Waals surface area contributed by atoms with Gasteiger partial charge in [0.05, 0.1) is 19.6 Å². The number of amides is 1. The van der Waals surface area contributed by atoms with Gasteiger partial charge in [-0.05, 0) is 56.2 Å². The van der Waals surface area contributed by atoms with E-state index < -0.39 is 23.7 Å². The number of aliphatic carboxylic acids is 1. The smallest absolute Gasteiger partial charge is 0.355 e. The predicted molar refractivity (Wildman–Crippen MR) is 101 cm³/mol. The number of benzene rings is 1. The van der Waals surface area contributed by atoms with E-state index in [1.54, 1.807) is 20.8 Å². The van der Waals surface area contributed by atoms with Gasteiger partial charge >= 0.3 is 11.9 Å². The number of halogens is 1. The molecule has 28 heavy (non-hydrogen) atoms. The highest BCUT2D eigenvalue weighted by molar-refractivity contribution is 5.95. The maximum Gasteiger partial charge on any atom is 0.355 e. The normalized spacial score (nSPS) is 10.6. The van der Waals surface area contributed by atoms with E-state index in [0.717, 1.165) is 5.56 Å². The van der Waals surface area contributed by atoms with Crippen LogP contribution in [0.1, 0.15) is 47.1 Å². The lowest BCUT2D eigenvalue weighted by Gasteiger charge is -2.23. The number of hydrogen-bond donors (Lipinski definition) is 2. The summed E-state index contributed by atoms with van der Waals surface area (Å²) in [7, 11) is 0. The fourth-order valence-corrected chi connectivity index (χ4v) is 2.88. The zero-order valence-corrected chi connectivity index (χ0v) is 16.0. The van der Waals surface area contributed by atoms with E-state index in [2.05, 4.69) is 4.98 Å². The summed E-state index contributed by atoms with van der Waals surface area (Å²) in [6, 6.07) is 5.37. The molecule has 0 radical (unpaired) electrons. The van der Waals surface area contributed by atoms with Gasteiger partial charge in [0.2, 0.25) is 5.91 Å². The van der Waals surface area contributed by atoms with Crippen LogP contribution in [-0.2, 0) is 20.9 Å². The third-order valence-corrected chi connectivity index (χ3v) is 4.38. The van der Waals surface area contributed by atoms with Crippen LogP contribution in [0.15, 0.2) is 24.3 Å². The van der Waals surface area contributed by atoms with Crippen molar-refractivity contribution in [3.8, 4) is 0 Å². The Morgan fingerprint density at radius 1 is 1.14 bits per heavy atom. The van der Waals surface area contributed by atoms with Crippen LogP contribution in [0.4, 0.5) is 10.1 Å². The maximum absolute atomic E-state index is 13.3. The number of rotatable bonds is 8. The van der Waals surface area contributed by atoms with Gasteiger partial charge in [-0.3, -0.25) is 9.59 Å². The molecule has 0 fully saturated rings. The first-order valence-corrected chi connectivity index (χ1v) is 8.87. The predicted octanol–water partition coefficient (Wildman–Crippen LogP) is 3.35. The van der Waals surface area contributed by atoms with Crippen LogP contribution in [0, 0.1) is 19.7 Å². The number of nitrogens with one attached hydrogen (secondary N) is 1. The molecule has 1 aromatic heterocycles. The first-order chi connectivity index (χ1) is 13.2. The summed E-state index contributed by atoms with van der Waals surface area (Å²) in [5, 5.41) is 8.87. The van der Waals surface area contributed by atoms with E-state index in [9.17, 15) is 18.8 Å². The zero-order valence-electron chi connectivity index (χ0n) is 16.0. The minimum atomic E-state index is -1.08. The zero-order chi connectivity index (χ0) is 20.8. The summed E-state index contributed by atoms with van der Waals surface area (Å²) < 4.78 is 18.3. The quantitative estimate of drug-likeness (QED) is 0.674. The summed E-state index contributed by atoms with van der Waals surface area (Å²) in [5.74, 6) is -2.42. The van der Waals surface area contributed by atoms with Crippen molar-refractivity contribution < 1.29 is 28.6 Å². The molecule has 0 saturated heterocycles. The number of anilines is 1. The van der Waals surface area contributed by atoms with Crippen LogP contribution in [0.5, 0.6) is 0 Å². The first kappa shape index (κ1) is 21.1. The van der Waals surface area contributed by atoms with Crippen molar-refractivity contribution in [1.82, 2.24) is 4.98 Å². The van der Waals surface area contributed by atoms with Crippen LogP contribution >= 0.6 is 0 Å². The highest BCUT2D eigenvalue weighted by atomic mass is 19.1. The minimum absolute atomic E-state index is 0.109. The highest BCUT2D eigenvalue weighted by Gasteiger charge is 2.23. The molecule has 0 atom stereocenters. The van der Waals surface area contributed by atoms with Gasteiger partial charge in [0.1, 0.15) is 11.5 Å². The number of carbonyl (C=O) groups excluding carboxylic acids is 2. The number of hydrogen-bond acceptors (Lipinski definition) is 4. The number of nitrogens with zero attached hydrogens (tertiary/aromatic N) is 1. The molecule has 0 unspecified atom stereocenters. The Morgan fingerprint density at radius 3 is 2.36 bits per heavy atom. The average molecular weight is 390 g/mol. The number of esters is 1. The fourth-order valence-electron chi connectivity index (χ4n) is 2.88. The molecule has 0 aliphatic heterocycles. The monoisotopic (exact) mass is 390 g/mol. The van der Waals surface area contributed by atoms with E-state index in [1.165, 1.54) is 29.2 Å². The van der Waals surface area contributed by atoms with E-state index in [0.29, 0.717) is 22.6 Å². The van der Waals surface area contributed by atoms with Crippen molar-refractivity contribution in [3.63, 3.8) is 0 Å². The van der Waals surface area contributed by atoms with E-state index in [-0.39, 0.29) is 26.0 Å². The van der Waals surface area contributed by atoms with Gasteiger partial charge in [0.15, 0.2) is 0 Å². The minimum Gasteiger partial charge on any atom is -0.481 e. The van der Waals surface area contributed by atoms with Gasteiger partial charge in [-0.25, -0.2) is 9.18 Å². The number of carbonyl (C=O) groups is 3. The van der Waals surface area contributed by atoms with E-state index >= 15 is 0 Å². The molecule has 2 rings (SSSR count). The molecule has 7 nitrogen and oxygen atoms in total. The van der Waals surface area contributed by atoms with Gasteiger partial charge in [0.25, 0.3) is 0 Å². The fraction of sp³-hybridized carbons (Fsp3) is 0.350. The number of carboxylic acids is 1. The molecule has 2 N–H and O–H groups in total. The van der Waals surface area contributed by atoms with Gasteiger partial charge in [0, 0.05) is 17.8 Å². The number of aromatic amines is 1. The van der Waals surface area contributed by atoms with E-state index in [4.69, 9.17) is 9.84 Å². The molecule has 1 amide bonds. The largest absolute Gasteiger partial charge is 0.481 e. The molecule has 0 saturated carbocycles. The Bertz CT molecular complexity index is 873. The van der Waals surface area contributed by atoms with Crippen LogP contribution < -0.4 is 4.90 Å². The lowest BCUT2D eigenvalue weighted by molar-refractivity contribution is -0.138. The van der Waals surface area contributed by atoms with Crippen LogP contribution in [-0.4, -0.2) is 34.5 Å². The number of carboxylic acid groups (broad SMARTS) is 1. The van der Waals surface area contributed by atoms with Gasteiger partial charge < -0.3 is 19.7 Å². The van der Waals surface area contributed by atoms with Crippen molar-refractivity contribution in [2.45, 2.75) is 40.2 Å². The molecular weight excluding hydrogens is 367 g/mol. The second kappa shape index (κ2) is 9.16. The molecule has 1 aromatic carbocycles. The molecule has 0 aliphatic carbocycles. The molecule has 0 bridgehead atoms. The lowest BCUT2D eigenvalue weighted by Crippen LogP contribution is -2.31. The molecule has 150 valence electrons. The summed E-state index contributed by atoms with van der Waals surface area (Å²) in [6.07, 6.45) is -0.504. The number of H-pyrrole nitrogens is 1. The third-order valence-electron chi connectivity index (χ3n) is 4.38. The Kier molecular flexibility index (Phi) is 6.92. The number of ether oxygens (including phenoxy) is 1. The Morgan fingerprint density at radius 2 is 1.79 bits per heavy atom. The summed E-state index contributed by atoms with van der Waals surface area (Å²) >= 11 is 0. The standard InChI is InChI=1S/C20H23FN2O5/c1-4-28-20(27)19-12(2)16(13(3)22-19)11-23(17(24)9-10-18(25)26)15-7-5-14(21)6-8-15/h5-8,22H,4,9-11H2,1-3H3,(H,25,26). The van der Waals surface area contributed by atoms with Crippen molar-refractivity contribution in [3.05, 3.63) is 52.6 Å². The van der Waals surface area contributed by atoms with E-state index in [1.807, 2.05) is 0 Å². The Hall–Kier alpha value is -3.16. The van der Waals surface area contributed by atoms with Crippen molar-refractivity contribution >= 4 is 23.5 Å². The van der Waals surface area contributed by atoms with Crippen LogP contribution in [0.3, 0.4) is 0 Å². The molecule has 0 spiro atoms. The number of aromatic nitrogens is 1. The molecule has 2 aromatic rings. The Labute approximate surface area is 162 Å². The Balaban J connectivity index is 2.37. The summed E-state index contributed by atoms with van der Waals surface area (Å²) in [5.41, 5.74) is 2.81. The summed E-state index contributed by atoms with van der Waals surface area (Å²) in [6.45, 7) is 5.57. The first-order valence-electron chi connectivity index (χ1n) is 8.87. The van der Waals surface area contributed by atoms with Crippen molar-refractivity contribution in [1.29, 1.82) is 0 Å². The van der Waals surface area contributed by atoms with Crippen LogP contribution in [0.25, 0.3) is 0 Å². The average Bonchev–Trinajstić information content (AvgIpc) is 2.93. The van der Waals surface area contributed by atoms with Gasteiger partial charge in [-0.15, -0.1) is 0 Å². The molecular formula is C20H23FN2O5. The topological polar surface area (TPSA) is 99.7 Å². The van der Waals surface area contributed by atoms with Crippen molar-refractivity contribution in [2.75, 3.05) is 11.5 Å². The van der Waals surface area contributed by atoms with Gasteiger partial charge in [-0.1, -0.05) is 0 Å². The maximum atomic E-state index is 13.3.